The summed E-state index contributed by atoms with van der Waals surface area (Å²) in [7, 11) is 0. The molecule has 0 aliphatic heterocycles. The predicted octanol–water partition coefficient (Wildman–Crippen LogP) is 3.61. The van der Waals surface area contributed by atoms with E-state index < -0.39 is 5.60 Å². The SMILES string of the molecule is Cc1cc(NCCC(C)(O)c2ccccc2)ccc1[N+](=O)[O-]. The Morgan fingerprint density at radius 1 is 1.23 bits per heavy atom. The van der Waals surface area contributed by atoms with E-state index in [9.17, 15) is 15.2 Å². The minimum Gasteiger partial charge on any atom is -0.385 e. The average molecular weight is 300 g/mol. The fourth-order valence-electron chi connectivity index (χ4n) is 2.36. The van der Waals surface area contributed by atoms with Crippen molar-refractivity contribution in [3.8, 4) is 0 Å². The average Bonchev–Trinajstić information content (AvgIpc) is 2.47. The second-order valence-corrected chi connectivity index (χ2v) is 5.58. The molecule has 0 aromatic heterocycles. The van der Waals surface area contributed by atoms with Gasteiger partial charge in [0.25, 0.3) is 5.69 Å². The topological polar surface area (TPSA) is 75.4 Å². The number of nitrogens with one attached hydrogen (secondary N) is 1. The maximum atomic E-state index is 10.8. The lowest BCUT2D eigenvalue weighted by atomic mass is 9.92. The maximum absolute atomic E-state index is 10.8. The van der Waals surface area contributed by atoms with Crippen LogP contribution in [0.4, 0.5) is 11.4 Å². The van der Waals surface area contributed by atoms with Crippen molar-refractivity contribution in [2.24, 2.45) is 0 Å². The van der Waals surface area contributed by atoms with Crippen LogP contribution in [0.3, 0.4) is 0 Å². The first-order valence-electron chi connectivity index (χ1n) is 7.17. The van der Waals surface area contributed by atoms with Gasteiger partial charge in [0.05, 0.1) is 10.5 Å². The maximum Gasteiger partial charge on any atom is 0.272 e. The smallest absolute Gasteiger partial charge is 0.272 e. The Hall–Kier alpha value is -2.40. The van der Waals surface area contributed by atoms with Gasteiger partial charge in [-0.2, -0.15) is 0 Å². The Labute approximate surface area is 129 Å². The highest BCUT2D eigenvalue weighted by molar-refractivity contribution is 5.53. The quantitative estimate of drug-likeness (QED) is 0.631. The van der Waals surface area contributed by atoms with Gasteiger partial charge >= 0.3 is 0 Å². The number of anilines is 1. The number of hydrogen-bond acceptors (Lipinski definition) is 4. The first-order valence-corrected chi connectivity index (χ1v) is 7.17. The van der Waals surface area contributed by atoms with Crippen molar-refractivity contribution in [1.29, 1.82) is 0 Å². The molecule has 0 radical (unpaired) electrons. The summed E-state index contributed by atoms with van der Waals surface area (Å²) in [6.45, 7) is 4.06. The number of rotatable bonds is 6. The summed E-state index contributed by atoms with van der Waals surface area (Å²) in [4.78, 5) is 10.4. The fourth-order valence-corrected chi connectivity index (χ4v) is 2.36. The Bertz CT molecular complexity index is 654. The van der Waals surface area contributed by atoms with Crippen LogP contribution in [-0.4, -0.2) is 16.6 Å². The molecule has 5 heteroatoms. The molecule has 0 aliphatic rings. The molecule has 1 atom stereocenters. The number of aryl methyl sites for hydroxylation is 1. The van der Waals surface area contributed by atoms with Gasteiger partial charge in [0.2, 0.25) is 0 Å². The molecular weight excluding hydrogens is 280 g/mol. The van der Waals surface area contributed by atoms with Crippen molar-refractivity contribution < 1.29 is 10.0 Å². The zero-order chi connectivity index (χ0) is 16.2. The summed E-state index contributed by atoms with van der Waals surface area (Å²) >= 11 is 0. The molecular formula is C17H20N2O3. The lowest BCUT2D eigenvalue weighted by Crippen LogP contribution is -2.24. The van der Waals surface area contributed by atoms with E-state index in [-0.39, 0.29) is 10.6 Å². The molecule has 0 fully saturated rings. The first kappa shape index (κ1) is 16.0. The molecule has 0 spiro atoms. The highest BCUT2D eigenvalue weighted by Crippen LogP contribution is 2.25. The van der Waals surface area contributed by atoms with Crippen LogP contribution >= 0.6 is 0 Å². The zero-order valence-electron chi connectivity index (χ0n) is 12.7. The van der Waals surface area contributed by atoms with Crippen LogP contribution < -0.4 is 5.32 Å². The largest absolute Gasteiger partial charge is 0.385 e. The van der Waals surface area contributed by atoms with Gasteiger partial charge in [0, 0.05) is 23.9 Å². The van der Waals surface area contributed by atoms with Crippen molar-refractivity contribution in [2.45, 2.75) is 25.9 Å². The van der Waals surface area contributed by atoms with Crippen molar-refractivity contribution in [3.63, 3.8) is 0 Å². The number of aliphatic hydroxyl groups is 1. The second kappa shape index (κ2) is 6.58. The van der Waals surface area contributed by atoms with Gasteiger partial charge in [0.15, 0.2) is 0 Å². The van der Waals surface area contributed by atoms with Crippen molar-refractivity contribution in [1.82, 2.24) is 0 Å². The molecule has 2 rings (SSSR count). The van der Waals surface area contributed by atoms with E-state index in [0.717, 1.165) is 11.3 Å². The fraction of sp³-hybridized carbons (Fsp3) is 0.294. The summed E-state index contributed by atoms with van der Waals surface area (Å²) in [6, 6.07) is 14.4. The van der Waals surface area contributed by atoms with Gasteiger partial charge in [-0.25, -0.2) is 0 Å². The highest BCUT2D eigenvalue weighted by Gasteiger charge is 2.22. The number of nitrogens with zero attached hydrogens (tertiary/aromatic N) is 1. The standard InChI is InChI=1S/C17H20N2O3/c1-13-12-15(8-9-16(13)19(21)22)18-11-10-17(2,20)14-6-4-3-5-7-14/h3-9,12,18,20H,10-11H2,1-2H3. The number of nitro benzene ring substituents is 1. The normalized spacial score (nSPS) is 13.4. The summed E-state index contributed by atoms with van der Waals surface area (Å²) in [6.07, 6.45) is 0.535. The third-order valence-corrected chi connectivity index (χ3v) is 3.73. The molecule has 1 unspecified atom stereocenters. The molecule has 0 amide bonds. The third kappa shape index (κ3) is 3.83. The molecule has 0 bridgehead atoms. The molecule has 0 aliphatic carbocycles. The molecule has 2 aromatic rings. The molecule has 22 heavy (non-hydrogen) atoms. The lowest BCUT2D eigenvalue weighted by molar-refractivity contribution is -0.385. The van der Waals surface area contributed by atoms with Crippen LogP contribution in [0, 0.1) is 17.0 Å². The van der Waals surface area contributed by atoms with Crippen molar-refractivity contribution in [2.75, 3.05) is 11.9 Å². The van der Waals surface area contributed by atoms with Crippen LogP contribution in [0.5, 0.6) is 0 Å². The Balaban J connectivity index is 1.96. The summed E-state index contributed by atoms with van der Waals surface area (Å²) in [5.41, 5.74) is 1.50. The Morgan fingerprint density at radius 3 is 2.50 bits per heavy atom. The zero-order valence-corrected chi connectivity index (χ0v) is 12.7. The van der Waals surface area contributed by atoms with Gasteiger partial charge in [-0.1, -0.05) is 30.3 Å². The van der Waals surface area contributed by atoms with E-state index in [1.54, 1.807) is 26.0 Å². The summed E-state index contributed by atoms with van der Waals surface area (Å²) in [5.74, 6) is 0. The van der Waals surface area contributed by atoms with Crippen LogP contribution in [0.2, 0.25) is 0 Å². The van der Waals surface area contributed by atoms with Gasteiger partial charge in [-0.15, -0.1) is 0 Å². The minimum absolute atomic E-state index is 0.113. The van der Waals surface area contributed by atoms with Gasteiger partial charge < -0.3 is 10.4 Å². The van der Waals surface area contributed by atoms with E-state index in [0.29, 0.717) is 18.5 Å². The van der Waals surface area contributed by atoms with Crippen LogP contribution in [0.25, 0.3) is 0 Å². The van der Waals surface area contributed by atoms with Gasteiger partial charge in [0.1, 0.15) is 0 Å². The molecule has 5 nitrogen and oxygen atoms in total. The Kier molecular flexibility index (Phi) is 4.78. The molecule has 0 heterocycles. The minimum atomic E-state index is -0.913. The molecule has 2 aromatic carbocycles. The first-order chi connectivity index (χ1) is 10.4. The van der Waals surface area contributed by atoms with Crippen molar-refractivity contribution >= 4 is 11.4 Å². The highest BCUT2D eigenvalue weighted by atomic mass is 16.6. The van der Waals surface area contributed by atoms with Crippen LogP contribution in [0.15, 0.2) is 48.5 Å². The van der Waals surface area contributed by atoms with E-state index in [4.69, 9.17) is 0 Å². The van der Waals surface area contributed by atoms with Crippen LogP contribution in [-0.2, 0) is 5.60 Å². The lowest BCUT2D eigenvalue weighted by Gasteiger charge is -2.24. The predicted molar refractivity (Wildman–Crippen MR) is 87.0 cm³/mol. The second-order valence-electron chi connectivity index (χ2n) is 5.58. The molecule has 0 saturated carbocycles. The molecule has 2 N–H and O–H groups in total. The Morgan fingerprint density at radius 2 is 1.91 bits per heavy atom. The number of hydrogen-bond donors (Lipinski definition) is 2. The van der Waals surface area contributed by atoms with Crippen molar-refractivity contribution in [3.05, 3.63) is 69.8 Å². The van der Waals surface area contributed by atoms with E-state index in [1.807, 2.05) is 30.3 Å². The summed E-state index contributed by atoms with van der Waals surface area (Å²) < 4.78 is 0. The molecule has 116 valence electrons. The number of nitro groups is 1. The van der Waals surface area contributed by atoms with Gasteiger partial charge in [-0.3, -0.25) is 10.1 Å². The van der Waals surface area contributed by atoms with Crippen LogP contribution in [0.1, 0.15) is 24.5 Å². The van der Waals surface area contributed by atoms with E-state index in [2.05, 4.69) is 5.32 Å². The molecule has 0 saturated heterocycles. The monoisotopic (exact) mass is 300 g/mol. The third-order valence-electron chi connectivity index (χ3n) is 3.73. The van der Waals surface area contributed by atoms with E-state index >= 15 is 0 Å². The van der Waals surface area contributed by atoms with E-state index in [1.165, 1.54) is 6.07 Å². The van der Waals surface area contributed by atoms with Gasteiger partial charge in [-0.05, 0) is 38.0 Å². The summed E-state index contributed by atoms with van der Waals surface area (Å²) in [5, 5.41) is 24.5. The number of benzene rings is 2.